The molecule has 1 N–H and O–H groups in total. The number of benzene rings is 2. The van der Waals surface area contributed by atoms with Crippen LogP contribution in [0.25, 0.3) is 0 Å². The highest BCUT2D eigenvalue weighted by Gasteiger charge is 2.18. The molecule has 0 amide bonds. The third-order valence-corrected chi connectivity index (χ3v) is 5.79. The van der Waals surface area contributed by atoms with Gasteiger partial charge in [-0.1, -0.05) is 11.8 Å². The zero-order valence-electron chi connectivity index (χ0n) is 15.9. The van der Waals surface area contributed by atoms with Crippen molar-refractivity contribution >= 4 is 59.3 Å². The van der Waals surface area contributed by atoms with Crippen molar-refractivity contribution in [3.8, 4) is 0 Å². The number of hydrogen-bond acceptors (Lipinski definition) is 4. The Morgan fingerprint density at radius 1 is 0.692 bits per heavy atom. The van der Waals surface area contributed by atoms with Gasteiger partial charge in [-0.3, -0.25) is 0 Å². The first-order valence-electron chi connectivity index (χ1n) is 8.92. The zero-order valence-corrected chi connectivity index (χ0v) is 18.4. The Labute approximate surface area is 174 Å². The molecule has 3 rings (SSSR count). The van der Waals surface area contributed by atoms with Gasteiger partial charge in [-0.2, -0.15) is 0 Å². The predicted molar refractivity (Wildman–Crippen MR) is 122 cm³/mol. The maximum Gasteiger partial charge on any atom is 0.0527 e. The lowest BCUT2D eigenvalue weighted by atomic mass is 10.2. The Kier molecular flexibility index (Phi) is 8.94. The van der Waals surface area contributed by atoms with Gasteiger partial charge in [0.15, 0.2) is 0 Å². The Balaban J connectivity index is 0.00000169. The van der Waals surface area contributed by atoms with Crippen LogP contribution in [0.3, 0.4) is 0 Å². The number of halogens is 2. The molecule has 144 valence electrons. The van der Waals surface area contributed by atoms with Gasteiger partial charge in [-0.05, 0) is 64.1 Å². The lowest BCUT2D eigenvalue weighted by Crippen LogP contribution is -2.22. The van der Waals surface area contributed by atoms with Crippen LogP contribution in [0.1, 0.15) is 27.7 Å². The van der Waals surface area contributed by atoms with Crippen LogP contribution in [0.2, 0.25) is 0 Å². The van der Waals surface area contributed by atoms with Crippen molar-refractivity contribution < 1.29 is 0 Å². The molecule has 2 aromatic rings. The summed E-state index contributed by atoms with van der Waals surface area (Å²) in [6.07, 6.45) is 0. The monoisotopic (exact) mass is 413 g/mol. The molecular formula is C20H29Cl2N3S. The van der Waals surface area contributed by atoms with Gasteiger partial charge in [0.1, 0.15) is 0 Å². The van der Waals surface area contributed by atoms with Gasteiger partial charge >= 0.3 is 0 Å². The van der Waals surface area contributed by atoms with Crippen molar-refractivity contribution in [1.29, 1.82) is 0 Å². The number of fused-ring (bicyclic) bond motifs is 2. The van der Waals surface area contributed by atoms with Crippen LogP contribution in [0.15, 0.2) is 46.2 Å². The highest BCUT2D eigenvalue weighted by molar-refractivity contribution is 7.99. The fourth-order valence-corrected chi connectivity index (χ4v) is 4.29. The smallest absolute Gasteiger partial charge is 0.0527 e. The summed E-state index contributed by atoms with van der Waals surface area (Å²) in [6, 6.07) is 13.5. The number of nitrogens with zero attached hydrogens (tertiary/aromatic N) is 2. The molecule has 0 unspecified atom stereocenters. The normalized spacial score (nSPS) is 11.2. The van der Waals surface area contributed by atoms with Crippen molar-refractivity contribution in [2.24, 2.45) is 0 Å². The van der Waals surface area contributed by atoms with Gasteiger partial charge in [-0.25, -0.2) is 0 Å². The minimum atomic E-state index is 0. The molecular weight excluding hydrogens is 385 g/mol. The first kappa shape index (κ1) is 22.8. The third-order valence-electron chi connectivity index (χ3n) is 4.68. The molecule has 0 radical (unpaired) electrons. The fourth-order valence-electron chi connectivity index (χ4n) is 3.23. The highest BCUT2D eigenvalue weighted by atomic mass is 35.5. The van der Waals surface area contributed by atoms with E-state index in [-0.39, 0.29) is 24.8 Å². The van der Waals surface area contributed by atoms with Gasteiger partial charge in [0, 0.05) is 47.3 Å². The molecule has 0 bridgehead atoms. The van der Waals surface area contributed by atoms with Crippen molar-refractivity contribution in [1.82, 2.24) is 0 Å². The molecule has 1 aliphatic heterocycles. The second-order valence-corrected chi connectivity index (χ2v) is 7.02. The van der Waals surface area contributed by atoms with E-state index in [1.807, 2.05) is 11.8 Å². The maximum atomic E-state index is 3.59. The highest BCUT2D eigenvalue weighted by Crippen LogP contribution is 2.46. The topological polar surface area (TPSA) is 18.5 Å². The van der Waals surface area contributed by atoms with Gasteiger partial charge in [0.25, 0.3) is 0 Å². The SMILES string of the molecule is CCN(CC)c1ccc2c(c1)Sc1cc(N(CC)CC)ccc1N2.Cl.Cl. The molecule has 0 saturated heterocycles. The number of nitrogens with one attached hydrogen (secondary N) is 1. The largest absolute Gasteiger partial charge is 0.372 e. The summed E-state index contributed by atoms with van der Waals surface area (Å²) < 4.78 is 0. The molecule has 6 heteroatoms. The first-order chi connectivity index (χ1) is 11.7. The van der Waals surface area contributed by atoms with Crippen molar-refractivity contribution in [2.45, 2.75) is 37.5 Å². The van der Waals surface area contributed by atoms with Crippen LogP contribution in [0.4, 0.5) is 22.7 Å². The van der Waals surface area contributed by atoms with Crippen LogP contribution in [0, 0.1) is 0 Å². The lowest BCUT2D eigenvalue weighted by molar-refractivity contribution is 0.863. The number of anilines is 4. The van der Waals surface area contributed by atoms with E-state index < -0.39 is 0 Å². The zero-order chi connectivity index (χ0) is 17.1. The third kappa shape index (κ3) is 4.54. The Morgan fingerprint density at radius 2 is 1.08 bits per heavy atom. The molecule has 26 heavy (non-hydrogen) atoms. The van der Waals surface area contributed by atoms with E-state index >= 15 is 0 Å². The van der Waals surface area contributed by atoms with E-state index in [2.05, 4.69) is 79.2 Å². The average molecular weight is 414 g/mol. The number of hydrogen-bond donors (Lipinski definition) is 1. The Hall–Kier alpha value is -1.23. The van der Waals surface area contributed by atoms with E-state index in [0.29, 0.717) is 0 Å². The molecule has 0 atom stereocenters. The van der Waals surface area contributed by atoms with Crippen molar-refractivity contribution in [3.63, 3.8) is 0 Å². The van der Waals surface area contributed by atoms with Crippen LogP contribution in [-0.2, 0) is 0 Å². The summed E-state index contributed by atoms with van der Waals surface area (Å²) in [5, 5.41) is 3.59. The second kappa shape index (κ2) is 10.2. The quantitative estimate of drug-likeness (QED) is 0.501. The summed E-state index contributed by atoms with van der Waals surface area (Å²) in [4.78, 5) is 7.40. The second-order valence-electron chi connectivity index (χ2n) is 5.93. The molecule has 0 fully saturated rings. The minimum Gasteiger partial charge on any atom is -0.372 e. The molecule has 3 nitrogen and oxygen atoms in total. The van der Waals surface area contributed by atoms with Crippen molar-refractivity contribution in [3.05, 3.63) is 36.4 Å². The lowest BCUT2D eigenvalue weighted by Gasteiger charge is -2.27. The van der Waals surface area contributed by atoms with Crippen LogP contribution >= 0.6 is 36.6 Å². The Morgan fingerprint density at radius 3 is 1.42 bits per heavy atom. The fraction of sp³-hybridized carbons (Fsp3) is 0.400. The molecule has 0 saturated carbocycles. The van der Waals surface area contributed by atoms with E-state index in [9.17, 15) is 0 Å². The minimum absolute atomic E-state index is 0. The summed E-state index contributed by atoms with van der Waals surface area (Å²) in [7, 11) is 0. The number of rotatable bonds is 6. The van der Waals surface area contributed by atoms with E-state index in [1.54, 1.807) is 0 Å². The molecule has 0 aliphatic carbocycles. The average Bonchev–Trinajstić information content (AvgIpc) is 2.62. The summed E-state index contributed by atoms with van der Waals surface area (Å²) in [5.41, 5.74) is 5.02. The first-order valence-corrected chi connectivity index (χ1v) is 9.74. The van der Waals surface area contributed by atoms with Crippen LogP contribution in [0.5, 0.6) is 0 Å². The standard InChI is InChI=1S/C20H27N3S.2ClH/c1-5-22(6-2)15-9-11-17-19(13-15)24-20-14-16(23(7-3)8-4)10-12-18(20)21-17;;/h9-14,21H,5-8H2,1-4H3;2*1H. The predicted octanol–water partition coefficient (Wildman–Crippen LogP) is 6.43. The maximum absolute atomic E-state index is 3.59. The van der Waals surface area contributed by atoms with E-state index in [4.69, 9.17) is 0 Å². The molecule has 2 aromatic carbocycles. The van der Waals surface area contributed by atoms with Crippen LogP contribution < -0.4 is 15.1 Å². The molecule has 1 heterocycles. The van der Waals surface area contributed by atoms with Crippen molar-refractivity contribution in [2.75, 3.05) is 41.3 Å². The van der Waals surface area contributed by atoms with Gasteiger partial charge in [0.2, 0.25) is 0 Å². The summed E-state index contributed by atoms with van der Waals surface area (Å²) >= 11 is 1.87. The van der Waals surface area contributed by atoms with Gasteiger partial charge in [-0.15, -0.1) is 24.8 Å². The molecule has 1 aliphatic rings. The van der Waals surface area contributed by atoms with Gasteiger partial charge in [0.05, 0.1) is 11.4 Å². The Bertz CT molecular complexity index is 657. The summed E-state index contributed by atoms with van der Waals surface area (Å²) in [6.45, 7) is 13.0. The van der Waals surface area contributed by atoms with E-state index in [0.717, 1.165) is 26.2 Å². The molecule has 0 spiro atoms. The van der Waals surface area contributed by atoms with Crippen LogP contribution in [-0.4, -0.2) is 26.2 Å². The summed E-state index contributed by atoms with van der Waals surface area (Å²) in [5.74, 6) is 0. The van der Waals surface area contributed by atoms with E-state index in [1.165, 1.54) is 32.5 Å². The van der Waals surface area contributed by atoms with Gasteiger partial charge < -0.3 is 15.1 Å². The molecule has 0 aromatic heterocycles.